The van der Waals surface area contributed by atoms with Gasteiger partial charge < -0.3 is 16.1 Å². The van der Waals surface area contributed by atoms with Gasteiger partial charge in [-0.05, 0) is 42.0 Å². The summed E-state index contributed by atoms with van der Waals surface area (Å²) in [6.07, 6.45) is 0.326. The summed E-state index contributed by atoms with van der Waals surface area (Å²) >= 11 is 6.75. The molecule has 13 heteroatoms. The van der Waals surface area contributed by atoms with E-state index in [-0.39, 0.29) is 18.3 Å². The molecule has 2 aromatic heterocycles. The van der Waals surface area contributed by atoms with Gasteiger partial charge in [-0.2, -0.15) is 23.5 Å². The summed E-state index contributed by atoms with van der Waals surface area (Å²) in [4.78, 5) is 4.44. The van der Waals surface area contributed by atoms with Crippen LogP contribution < -0.4 is 21.6 Å². The monoisotopic (exact) mass is 609 g/mol. The summed E-state index contributed by atoms with van der Waals surface area (Å²) in [6.45, 7) is 6.86. The molecule has 0 saturated heterocycles. The Morgan fingerprint density at radius 3 is 2.60 bits per heavy atom. The van der Waals surface area contributed by atoms with E-state index < -0.39 is 17.8 Å². The number of hydrazine groups is 2. The normalized spacial score (nSPS) is 17.0. The van der Waals surface area contributed by atoms with Crippen LogP contribution in [0.3, 0.4) is 0 Å². The van der Waals surface area contributed by atoms with Crippen molar-refractivity contribution >= 4 is 44.8 Å². The summed E-state index contributed by atoms with van der Waals surface area (Å²) in [7, 11) is 1.83. The molecule has 4 N–H and O–H groups in total. The molecule has 1 saturated carbocycles. The second-order valence-electron chi connectivity index (χ2n) is 12.3. The third kappa shape index (κ3) is 5.17. The zero-order valence-electron chi connectivity index (χ0n) is 24.1. The lowest BCUT2D eigenvalue weighted by Gasteiger charge is -2.28. The maximum Gasteiger partial charge on any atom is 0.413 e. The lowest BCUT2D eigenvalue weighted by atomic mass is 9.96. The zero-order valence-corrected chi connectivity index (χ0v) is 24.8. The van der Waals surface area contributed by atoms with Crippen LogP contribution in [0.1, 0.15) is 50.8 Å². The minimum Gasteiger partial charge on any atom is -0.383 e. The Kier molecular flexibility index (Phi) is 6.86. The Labute approximate surface area is 251 Å². The molecule has 1 fully saturated rings. The van der Waals surface area contributed by atoms with Crippen LogP contribution in [-0.4, -0.2) is 38.0 Å². The van der Waals surface area contributed by atoms with Gasteiger partial charge in [0.25, 0.3) is 0 Å². The van der Waals surface area contributed by atoms with Crippen LogP contribution >= 0.6 is 11.6 Å². The van der Waals surface area contributed by atoms with Crippen LogP contribution in [0.5, 0.6) is 0 Å². The van der Waals surface area contributed by atoms with E-state index in [2.05, 4.69) is 58.5 Å². The zero-order chi connectivity index (χ0) is 30.7. The second kappa shape index (κ2) is 10.2. The first-order valence-electron chi connectivity index (χ1n) is 13.8. The predicted molar refractivity (Wildman–Crippen MR) is 161 cm³/mol. The van der Waals surface area contributed by atoms with E-state index in [0.29, 0.717) is 45.1 Å². The van der Waals surface area contributed by atoms with Crippen LogP contribution in [0.4, 0.5) is 24.5 Å². The van der Waals surface area contributed by atoms with Gasteiger partial charge in [0.05, 0.1) is 45.2 Å². The Morgan fingerprint density at radius 1 is 1.16 bits per heavy atom. The van der Waals surface area contributed by atoms with Gasteiger partial charge in [-0.1, -0.05) is 44.5 Å². The highest BCUT2D eigenvalue weighted by Gasteiger charge is 2.67. The standard InChI is InChI=1S/C30H31ClF3N9/c1-28(2,3)16-37-25-17(12-35)13-36-26-20(25)10-18(11-22(26)31)39-27(19-6-5-7-24-21(19)14-38-42(24)4)23-15-43(41-40-23)29(8-9-29)30(32,33)34/h5-7,10-11,13-15,27,39-41H,8-9,16H2,1-4H3,(H,36,37)/t27-/m0/s1. The smallest absolute Gasteiger partial charge is 0.383 e. The lowest BCUT2D eigenvalue weighted by Crippen LogP contribution is -2.52. The molecule has 1 atom stereocenters. The highest BCUT2D eigenvalue weighted by atomic mass is 35.5. The molecule has 2 aliphatic rings. The van der Waals surface area contributed by atoms with E-state index in [9.17, 15) is 18.4 Å². The Hall–Kier alpha value is -4.21. The van der Waals surface area contributed by atoms with Crippen molar-refractivity contribution in [2.45, 2.75) is 51.4 Å². The van der Waals surface area contributed by atoms with Gasteiger partial charge in [0.1, 0.15) is 6.07 Å². The molecule has 0 amide bonds. The van der Waals surface area contributed by atoms with E-state index >= 15 is 0 Å². The highest BCUT2D eigenvalue weighted by Crippen LogP contribution is 2.54. The van der Waals surface area contributed by atoms with E-state index in [0.717, 1.165) is 21.5 Å². The molecule has 0 spiro atoms. The molecule has 1 aliphatic carbocycles. The molecular formula is C30H31ClF3N9. The molecular weight excluding hydrogens is 579 g/mol. The quantitative estimate of drug-likeness (QED) is 0.188. The summed E-state index contributed by atoms with van der Waals surface area (Å²) in [5.41, 5.74) is 7.97. The molecule has 2 aromatic carbocycles. The van der Waals surface area contributed by atoms with Crippen molar-refractivity contribution in [2.24, 2.45) is 12.5 Å². The number of rotatable bonds is 7. The lowest BCUT2D eigenvalue weighted by molar-refractivity contribution is -0.195. The predicted octanol–water partition coefficient (Wildman–Crippen LogP) is 6.52. The number of alkyl halides is 3. The summed E-state index contributed by atoms with van der Waals surface area (Å²) in [5, 5.41) is 24.1. The van der Waals surface area contributed by atoms with Gasteiger partial charge in [0.2, 0.25) is 0 Å². The summed E-state index contributed by atoms with van der Waals surface area (Å²) in [6, 6.07) is 10.9. The Bertz CT molecular complexity index is 1800. The number of nitriles is 1. The number of hydrogen-bond acceptors (Lipinski definition) is 8. The Balaban J connectivity index is 1.46. The SMILES string of the molecule is Cn1ncc2c([C@H](Nc3cc(Cl)c4ncc(C#N)c(NCC(C)(C)C)c4c3)C3=CN(C4(C(F)(F)F)CC4)NN3)cccc21. The minimum atomic E-state index is -4.40. The van der Waals surface area contributed by atoms with E-state index in [1.165, 1.54) is 12.4 Å². The number of aromatic nitrogens is 3. The van der Waals surface area contributed by atoms with Crippen molar-refractivity contribution in [2.75, 3.05) is 17.2 Å². The van der Waals surface area contributed by atoms with Gasteiger partial charge in [-0.15, -0.1) is 5.53 Å². The molecule has 4 aromatic rings. The average Bonchev–Trinajstić information content (AvgIpc) is 3.49. The van der Waals surface area contributed by atoms with Crippen molar-refractivity contribution in [3.63, 3.8) is 0 Å². The van der Waals surface area contributed by atoms with Gasteiger partial charge >= 0.3 is 6.18 Å². The first kappa shape index (κ1) is 28.9. The molecule has 6 rings (SSSR count). The number of aryl methyl sites for hydroxylation is 1. The van der Waals surface area contributed by atoms with Crippen LogP contribution in [0, 0.1) is 16.7 Å². The molecule has 9 nitrogen and oxygen atoms in total. The maximum atomic E-state index is 14.0. The fourth-order valence-corrected chi connectivity index (χ4v) is 5.67. The Morgan fingerprint density at radius 2 is 1.93 bits per heavy atom. The van der Waals surface area contributed by atoms with Gasteiger partial charge in [0.15, 0.2) is 5.54 Å². The number of halogens is 4. The number of hydrogen-bond donors (Lipinski definition) is 4. The second-order valence-corrected chi connectivity index (χ2v) is 12.7. The molecule has 43 heavy (non-hydrogen) atoms. The topological polar surface area (TPSA) is 106 Å². The third-order valence-corrected chi connectivity index (χ3v) is 8.19. The number of benzene rings is 2. The largest absolute Gasteiger partial charge is 0.413 e. The number of fused-ring (bicyclic) bond motifs is 2. The van der Waals surface area contributed by atoms with E-state index in [4.69, 9.17) is 11.6 Å². The maximum absolute atomic E-state index is 14.0. The average molecular weight is 610 g/mol. The number of pyridine rings is 1. The number of anilines is 2. The van der Waals surface area contributed by atoms with Crippen LogP contribution in [0.15, 0.2) is 54.6 Å². The minimum absolute atomic E-state index is 0.00406. The number of nitrogens with one attached hydrogen (secondary N) is 4. The molecule has 3 heterocycles. The molecule has 0 bridgehead atoms. The molecule has 1 aliphatic heterocycles. The summed E-state index contributed by atoms with van der Waals surface area (Å²) in [5.74, 6) is 0. The first-order valence-corrected chi connectivity index (χ1v) is 14.2. The fraction of sp³-hybridized carbons (Fsp3) is 0.367. The van der Waals surface area contributed by atoms with E-state index in [1.54, 1.807) is 16.9 Å². The highest BCUT2D eigenvalue weighted by molar-refractivity contribution is 6.35. The van der Waals surface area contributed by atoms with Crippen molar-refractivity contribution in [3.8, 4) is 6.07 Å². The van der Waals surface area contributed by atoms with Gasteiger partial charge in [0, 0.05) is 42.4 Å². The first-order chi connectivity index (χ1) is 20.3. The van der Waals surface area contributed by atoms with Crippen LogP contribution in [0.25, 0.3) is 21.8 Å². The van der Waals surface area contributed by atoms with Crippen molar-refractivity contribution < 1.29 is 13.2 Å². The molecule has 224 valence electrons. The van der Waals surface area contributed by atoms with Gasteiger partial charge in [-0.25, -0.2) is 0 Å². The molecule has 0 unspecified atom stereocenters. The molecule has 0 radical (unpaired) electrons. The fourth-order valence-electron chi connectivity index (χ4n) is 5.40. The van der Waals surface area contributed by atoms with Crippen molar-refractivity contribution in [3.05, 3.63) is 70.8 Å². The number of nitrogens with zero attached hydrogens (tertiary/aromatic N) is 5. The van der Waals surface area contributed by atoms with Crippen molar-refractivity contribution in [1.82, 2.24) is 30.7 Å². The van der Waals surface area contributed by atoms with Crippen LogP contribution in [0.2, 0.25) is 5.02 Å². The third-order valence-electron chi connectivity index (χ3n) is 7.90. The van der Waals surface area contributed by atoms with Crippen molar-refractivity contribution in [1.29, 1.82) is 5.26 Å². The van der Waals surface area contributed by atoms with E-state index in [1.807, 2.05) is 31.3 Å². The summed E-state index contributed by atoms with van der Waals surface area (Å²) < 4.78 is 43.7. The van der Waals surface area contributed by atoms with Gasteiger partial charge in [-0.3, -0.25) is 14.7 Å². The van der Waals surface area contributed by atoms with Crippen LogP contribution in [-0.2, 0) is 7.05 Å².